The summed E-state index contributed by atoms with van der Waals surface area (Å²) in [6.45, 7) is -0.607. The lowest BCUT2D eigenvalue weighted by molar-refractivity contribution is -0.142. The van der Waals surface area contributed by atoms with Crippen LogP contribution in [0.25, 0.3) is 0 Å². The number of aliphatic hydroxyl groups excluding tert-OH is 1. The third kappa shape index (κ3) is 3.21. The second-order valence-corrected chi connectivity index (χ2v) is 3.21. The summed E-state index contributed by atoms with van der Waals surface area (Å²) in [5.74, 6) is -1.67. The molecular weight excluding hydrogens is 198 g/mol. The third-order valence-corrected chi connectivity index (χ3v) is 2.09. The average molecular weight is 211 g/mol. The molecule has 0 spiro atoms. The molecule has 3 N–H and O–H groups in total. The molecule has 1 aliphatic rings. The molecule has 5 nitrogen and oxygen atoms in total. The Morgan fingerprint density at radius 3 is 2.73 bits per heavy atom. The lowest BCUT2D eigenvalue weighted by atomic mass is 10.0. The maximum atomic E-state index is 11.5. The minimum absolute atomic E-state index is 0.430. The van der Waals surface area contributed by atoms with Crippen molar-refractivity contribution >= 4 is 11.9 Å². The van der Waals surface area contributed by atoms with Crippen LogP contribution in [-0.4, -0.2) is 34.7 Å². The van der Waals surface area contributed by atoms with Crippen LogP contribution in [0.15, 0.2) is 23.8 Å². The van der Waals surface area contributed by atoms with Gasteiger partial charge in [0.2, 0.25) is 5.91 Å². The van der Waals surface area contributed by atoms with Crippen molar-refractivity contribution in [2.45, 2.75) is 18.9 Å². The van der Waals surface area contributed by atoms with Gasteiger partial charge in [-0.25, -0.2) is 4.79 Å². The molecule has 0 radical (unpaired) electrons. The highest BCUT2D eigenvalue weighted by molar-refractivity contribution is 5.96. The number of allylic oxidation sites excluding steroid dienone is 3. The standard InChI is InChI=1S/C10H13NO4/c12-6-8(10(14)15)11-9(13)7-4-2-1-3-5-7/h1-2,4,8,12H,3,5-6H2,(H,11,13)(H,14,15)/t8-/m0/s1. The Kier molecular flexibility index (Phi) is 4.05. The van der Waals surface area contributed by atoms with E-state index in [1.165, 1.54) is 0 Å². The Bertz CT molecular complexity index is 319. The van der Waals surface area contributed by atoms with Crippen molar-refractivity contribution in [3.05, 3.63) is 23.8 Å². The number of carbonyl (C=O) groups is 2. The predicted octanol–water partition coefficient (Wildman–Crippen LogP) is -0.175. The Hall–Kier alpha value is -1.62. The highest BCUT2D eigenvalue weighted by atomic mass is 16.4. The number of rotatable bonds is 4. The molecule has 0 fully saturated rings. The Balaban J connectivity index is 2.57. The van der Waals surface area contributed by atoms with Gasteiger partial charge < -0.3 is 15.5 Å². The van der Waals surface area contributed by atoms with Gasteiger partial charge in [-0.15, -0.1) is 0 Å². The topological polar surface area (TPSA) is 86.6 Å². The fourth-order valence-electron chi connectivity index (χ4n) is 1.23. The molecule has 0 aromatic carbocycles. The lowest BCUT2D eigenvalue weighted by Gasteiger charge is -2.14. The number of carboxylic acid groups (broad SMARTS) is 1. The molecule has 0 aromatic rings. The summed E-state index contributed by atoms with van der Waals surface area (Å²) in [6.07, 6.45) is 6.70. The van der Waals surface area contributed by atoms with E-state index in [9.17, 15) is 9.59 Å². The van der Waals surface area contributed by atoms with Crippen LogP contribution < -0.4 is 5.32 Å². The minimum Gasteiger partial charge on any atom is -0.480 e. The van der Waals surface area contributed by atoms with Gasteiger partial charge in [0.1, 0.15) is 0 Å². The van der Waals surface area contributed by atoms with Crippen molar-refractivity contribution in [1.29, 1.82) is 0 Å². The average Bonchev–Trinajstić information content (AvgIpc) is 2.26. The number of amides is 1. The van der Waals surface area contributed by atoms with Crippen LogP contribution in [0.4, 0.5) is 0 Å². The molecule has 1 amide bonds. The zero-order chi connectivity index (χ0) is 11.3. The maximum absolute atomic E-state index is 11.5. The Labute approximate surface area is 87.1 Å². The number of carbonyl (C=O) groups excluding carboxylic acids is 1. The Morgan fingerprint density at radius 2 is 2.27 bits per heavy atom. The molecule has 1 atom stereocenters. The van der Waals surface area contributed by atoms with E-state index in [0.717, 1.165) is 6.42 Å². The molecule has 0 saturated carbocycles. The van der Waals surface area contributed by atoms with E-state index in [1.807, 2.05) is 6.08 Å². The number of aliphatic hydroxyl groups is 1. The predicted molar refractivity (Wildman–Crippen MR) is 53.1 cm³/mol. The number of carboxylic acids is 1. The molecule has 0 heterocycles. The molecule has 0 aromatic heterocycles. The molecule has 0 bridgehead atoms. The molecule has 82 valence electrons. The van der Waals surface area contributed by atoms with Crippen LogP contribution in [0.3, 0.4) is 0 Å². The molecule has 1 aliphatic carbocycles. The quantitative estimate of drug-likeness (QED) is 0.602. The van der Waals surface area contributed by atoms with Crippen molar-refractivity contribution < 1.29 is 19.8 Å². The molecule has 0 aliphatic heterocycles. The first kappa shape index (κ1) is 11.5. The van der Waals surface area contributed by atoms with Crippen molar-refractivity contribution in [2.24, 2.45) is 0 Å². The number of nitrogens with one attached hydrogen (secondary N) is 1. The summed E-state index contributed by atoms with van der Waals surface area (Å²) in [5, 5.41) is 19.6. The fraction of sp³-hybridized carbons (Fsp3) is 0.400. The van der Waals surface area contributed by atoms with Gasteiger partial charge in [0.05, 0.1) is 6.61 Å². The normalized spacial score (nSPS) is 16.7. The van der Waals surface area contributed by atoms with E-state index in [4.69, 9.17) is 10.2 Å². The molecule has 0 unspecified atom stereocenters. The summed E-state index contributed by atoms with van der Waals surface area (Å²) in [4.78, 5) is 22.0. The summed E-state index contributed by atoms with van der Waals surface area (Å²) in [7, 11) is 0. The SMILES string of the molecule is O=C(N[C@@H](CO)C(=O)O)C1=CC=CCC1. The van der Waals surface area contributed by atoms with Crippen LogP contribution in [0.2, 0.25) is 0 Å². The zero-order valence-corrected chi connectivity index (χ0v) is 8.14. The molecular formula is C10H13NO4. The number of hydrogen-bond acceptors (Lipinski definition) is 3. The summed E-state index contributed by atoms with van der Waals surface area (Å²) in [6, 6.07) is -1.23. The van der Waals surface area contributed by atoms with Crippen LogP contribution in [0.5, 0.6) is 0 Å². The smallest absolute Gasteiger partial charge is 0.328 e. The highest BCUT2D eigenvalue weighted by Gasteiger charge is 2.20. The van der Waals surface area contributed by atoms with E-state index in [0.29, 0.717) is 12.0 Å². The van der Waals surface area contributed by atoms with Gasteiger partial charge >= 0.3 is 5.97 Å². The van der Waals surface area contributed by atoms with Crippen LogP contribution in [-0.2, 0) is 9.59 Å². The van der Waals surface area contributed by atoms with Gasteiger partial charge in [-0.3, -0.25) is 4.79 Å². The monoisotopic (exact) mass is 211 g/mol. The van der Waals surface area contributed by atoms with Crippen LogP contribution in [0.1, 0.15) is 12.8 Å². The minimum atomic E-state index is -1.24. The van der Waals surface area contributed by atoms with Crippen molar-refractivity contribution in [3.8, 4) is 0 Å². The molecule has 5 heteroatoms. The number of aliphatic carboxylic acids is 1. The second-order valence-electron chi connectivity index (χ2n) is 3.21. The van der Waals surface area contributed by atoms with E-state index in [-0.39, 0.29) is 0 Å². The first-order chi connectivity index (χ1) is 7.15. The van der Waals surface area contributed by atoms with Gasteiger partial charge in [-0.05, 0) is 12.8 Å². The summed E-state index contributed by atoms with van der Waals surface area (Å²) < 4.78 is 0. The third-order valence-electron chi connectivity index (χ3n) is 2.09. The fourth-order valence-corrected chi connectivity index (χ4v) is 1.23. The van der Waals surface area contributed by atoms with E-state index in [1.54, 1.807) is 12.2 Å². The van der Waals surface area contributed by atoms with Crippen LogP contribution >= 0.6 is 0 Å². The van der Waals surface area contributed by atoms with Crippen LogP contribution in [0, 0.1) is 0 Å². The van der Waals surface area contributed by atoms with Gasteiger partial charge in [0, 0.05) is 5.57 Å². The van der Waals surface area contributed by atoms with Crippen molar-refractivity contribution in [2.75, 3.05) is 6.61 Å². The maximum Gasteiger partial charge on any atom is 0.328 e. The van der Waals surface area contributed by atoms with Crippen molar-refractivity contribution in [3.63, 3.8) is 0 Å². The highest BCUT2D eigenvalue weighted by Crippen LogP contribution is 2.11. The Morgan fingerprint density at radius 1 is 1.53 bits per heavy atom. The summed E-state index contributed by atoms with van der Waals surface area (Å²) >= 11 is 0. The molecule has 0 saturated heterocycles. The largest absolute Gasteiger partial charge is 0.480 e. The zero-order valence-electron chi connectivity index (χ0n) is 8.14. The molecule has 1 rings (SSSR count). The second kappa shape index (κ2) is 5.31. The summed E-state index contributed by atoms with van der Waals surface area (Å²) in [5.41, 5.74) is 0.539. The van der Waals surface area contributed by atoms with E-state index in [2.05, 4.69) is 5.32 Å². The van der Waals surface area contributed by atoms with Gasteiger partial charge in [0.15, 0.2) is 6.04 Å². The number of hydrogen-bond donors (Lipinski definition) is 3. The van der Waals surface area contributed by atoms with E-state index < -0.39 is 24.5 Å². The first-order valence-corrected chi connectivity index (χ1v) is 4.65. The lowest BCUT2D eigenvalue weighted by Crippen LogP contribution is -2.43. The molecule has 15 heavy (non-hydrogen) atoms. The van der Waals surface area contributed by atoms with Gasteiger partial charge in [-0.1, -0.05) is 18.2 Å². The van der Waals surface area contributed by atoms with E-state index >= 15 is 0 Å². The van der Waals surface area contributed by atoms with Crippen molar-refractivity contribution in [1.82, 2.24) is 5.32 Å². The van der Waals surface area contributed by atoms with Gasteiger partial charge in [0.25, 0.3) is 0 Å². The van der Waals surface area contributed by atoms with Gasteiger partial charge in [-0.2, -0.15) is 0 Å². The first-order valence-electron chi connectivity index (χ1n) is 4.65.